The predicted octanol–water partition coefficient (Wildman–Crippen LogP) is 0.775. The first kappa shape index (κ1) is 34.2. The van der Waals surface area contributed by atoms with Crippen LogP contribution in [-0.4, -0.2) is 56.9 Å². The number of nitrogens with one attached hydrogen (secondary N) is 2. The zero-order chi connectivity index (χ0) is 30.6. The van der Waals surface area contributed by atoms with Gasteiger partial charge in [0.05, 0.1) is 13.7 Å². The molecule has 0 aromatic heterocycles. The number of fused-ring (bicyclic) bond motifs is 3. The number of quaternary nitrogens is 1. The summed E-state index contributed by atoms with van der Waals surface area (Å²) < 4.78 is 16.2. The second kappa shape index (κ2) is 17.1. The van der Waals surface area contributed by atoms with Crippen molar-refractivity contribution < 1.29 is 46.7 Å². The first-order chi connectivity index (χ1) is 20.9. The van der Waals surface area contributed by atoms with Gasteiger partial charge < -0.3 is 43.0 Å². The average molecular weight is 622 g/mol. The molecular weight excluding hydrogens is 582 g/mol. The van der Waals surface area contributed by atoms with Gasteiger partial charge in [0.25, 0.3) is 0 Å². The van der Waals surface area contributed by atoms with E-state index in [1.807, 2.05) is 48.5 Å². The van der Waals surface area contributed by atoms with E-state index in [0.717, 1.165) is 34.2 Å². The van der Waals surface area contributed by atoms with Gasteiger partial charge in [-0.25, -0.2) is 9.59 Å². The van der Waals surface area contributed by atoms with Crippen molar-refractivity contribution in [2.45, 2.75) is 43.7 Å². The molecule has 10 heteroatoms. The van der Waals surface area contributed by atoms with Crippen LogP contribution in [0.4, 0.5) is 4.79 Å². The van der Waals surface area contributed by atoms with Crippen molar-refractivity contribution in [2.75, 3.05) is 26.9 Å². The number of methoxy groups -OCH3 is 1. The smallest absolute Gasteiger partial charge is 0.407 e. The molecule has 0 saturated carbocycles. The number of halogens is 1. The largest absolute Gasteiger partial charge is 1.00 e. The van der Waals surface area contributed by atoms with E-state index < -0.39 is 30.1 Å². The van der Waals surface area contributed by atoms with Crippen LogP contribution in [0.25, 0.3) is 11.1 Å². The minimum absolute atomic E-state index is 0. The fraction of sp³-hybridized carbons (Fsp3) is 0.324. The second-order valence-electron chi connectivity index (χ2n) is 10.4. The molecule has 1 aliphatic carbocycles. The number of ether oxygens (including phenoxy) is 3. The van der Waals surface area contributed by atoms with Gasteiger partial charge in [0.15, 0.2) is 0 Å². The van der Waals surface area contributed by atoms with Gasteiger partial charge in [-0.05, 0) is 59.2 Å². The summed E-state index contributed by atoms with van der Waals surface area (Å²) in [6.45, 7) is 4.85. The molecule has 0 spiro atoms. The summed E-state index contributed by atoms with van der Waals surface area (Å²) in [5, 5.41) is 5.51. The third-order valence-corrected chi connectivity index (χ3v) is 7.48. The van der Waals surface area contributed by atoms with E-state index in [1.165, 1.54) is 7.11 Å². The average Bonchev–Trinajstić information content (AvgIpc) is 3.35. The van der Waals surface area contributed by atoms with Gasteiger partial charge in [0.1, 0.15) is 31.0 Å². The summed E-state index contributed by atoms with van der Waals surface area (Å²) in [6.07, 6.45) is 2.99. The molecular formula is C34H40ClN3O6. The summed E-state index contributed by atoms with van der Waals surface area (Å²) in [7, 11) is 1.27. The van der Waals surface area contributed by atoms with Crippen LogP contribution in [0, 0.1) is 0 Å². The van der Waals surface area contributed by atoms with Gasteiger partial charge in [0.2, 0.25) is 5.91 Å². The number of unbranched alkanes of at least 4 members (excludes halogenated alkanes) is 1. The van der Waals surface area contributed by atoms with Crippen LogP contribution in [0.15, 0.2) is 85.5 Å². The number of amides is 2. The molecule has 0 unspecified atom stereocenters. The third kappa shape index (κ3) is 8.84. The van der Waals surface area contributed by atoms with Crippen molar-refractivity contribution in [3.05, 3.63) is 102 Å². The highest BCUT2D eigenvalue weighted by Gasteiger charge is 2.31. The van der Waals surface area contributed by atoms with Gasteiger partial charge in [0, 0.05) is 12.3 Å². The van der Waals surface area contributed by atoms with Crippen LogP contribution < -0.4 is 33.5 Å². The van der Waals surface area contributed by atoms with E-state index in [0.29, 0.717) is 31.7 Å². The molecule has 234 valence electrons. The van der Waals surface area contributed by atoms with Gasteiger partial charge in [-0.15, -0.1) is 0 Å². The Morgan fingerprint density at radius 2 is 1.55 bits per heavy atom. The molecule has 0 saturated heterocycles. The zero-order valence-electron chi connectivity index (χ0n) is 24.9. The Morgan fingerprint density at radius 3 is 2.14 bits per heavy atom. The van der Waals surface area contributed by atoms with Crippen molar-refractivity contribution >= 4 is 18.0 Å². The van der Waals surface area contributed by atoms with Crippen molar-refractivity contribution in [3.8, 4) is 16.9 Å². The maximum absolute atomic E-state index is 13.4. The quantitative estimate of drug-likeness (QED) is 0.131. The molecule has 0 heterocycles. The van der Waals surface area contributed by atoms with Gasteiger partial charge in [-0.2, -0.15) is 0 Å². The molecule has 3 aromatic rings. The Labute approximate surface area is 264 Å². The van der Waals surface area contributed by atoms with Crippen LogP contribution >= 0.6 is 0 Å². The minimum atomic E-state index is -0.947. The summed E-state index contributed by atoms with van der Waals surface area (Å²) in [5.74, 6) is -0.509. The molecule has 44 heavy (non-hydrogen) atoms. The topological polar surface area (TPSA) is 131 Å². The molecule has 1 aliphatic rings. The van der Waals surface area contributed by atoms with Crippen LogP contribution in [-0.2, 0) is 25.5 Å². The van der Waals surface area contributed by atoms with Gasteiger partial charge >= 0.3 is 12.1 Å². The summed E-state index contributed by atoms with van der Waals surface area (Å²) >= 11 is 0. The first-order valence-corrected chi connectivity index (χ1v) is 14.6. The predicted molar refractivity (Wildman–Crippen MR) is 163 cm³/mol. The summed E-state index contributed by atoms with van der Waals surface area (Å²) in [5.41, 5.74) is 9.13. The maximum atomic E-state index is 13.4. The fourth-order valence-electron chi connectivity index (χ4n) is 5.30. The lowest BCUT2D eigenvalue weighted by molar-refractivity contribution is -0.368. The molecule has 9 nitrogen and oxygen atoms in total. The highest BCUT2D eigenvalue weighted by Crippen LogP contribution is 2.44. The van der Waals surface area contributed by atoms with Crippen LogP contribution in [0.1, 0.15) is 41.9 Å². The number of esters is 1. The number of carbonyl (C=O) groups excluding carboxylic acids is 3. The number of hydrogen-bond donors (Lipinski definition) is 3. The monoisotopic (exact) mass is 621 g/mol. The number of benzene rings is 3. The van der Waals surface area contributed by atoms with E-state index in [2.05, 4.69) is 35.1 Å². The fourth-order valence-corrected chi connectivity index (χ4v) is 5.30. The van der Waals surface area contributed by atoms with E-state index in [-0.39, 0.29) is 31.4 Å². The molecule has 2 amide bonds. The Hall–Kier alpha value is -4.34. The van der Waals surface area contributed by atoms with E-state index in [9.17, 15) is 14.4 Å². The SMILES string of the molecule is C=CCOc1ccc(C[C@H](NC(=O)[C@H](CCCC[NH3+])NC(=O)OCC2c3ccccc3-c3ccccc32)C(=O)OC)cc1.[Cl-]. The molecule has 3 aromatic carbocycles. The standard InChI is InChI=1S/C34H39N3O6.ClH/c1-3-20-42-24-17-15-23(16-18-24)21-31(33(39)41-2)36-32(38)30(14-8-9-19-35)37-34(40)43-22-29-27-12-6-4-10-25(27)26-11-5-7-13-28(26)29;/h3-7,10-13,15-18,29-31H,1,8-9,14,19-22,35H2,2H3,(H,36,38)(H,37,40);1H/t30-,31-;/m0./s1. The first-order valence-electron chi connectivity index (χ1n) is 14.6. The van der Waals surface area contributed by atoms with Crippen molar-refractivity contribution in [3.63, 3.8) is 0 Å². The molecule has 5 N–H and O–H groups in total. The molecule has 0 fully saturated rings. The van der Waals surface area contributed by atoms with Crippen LogP contribution in [0.2, 0.25) is 0 Å². The lowest BCUT2D eigenvalue weighted by Crippen LogP contribution is -3.00. The maximum Gasteiger partial charge on any atom is 0.407 e. The molecule has 2 atom stereocenters. The van der Waals surface area contributed by atoms with E-state index in [1.54, 1.807) is 18.2 Å². The van der Waals surface area contributed by atoms with Gasteiger partial charge in [-0.3, -0.25) is 4.79 Å². The van der Waals surface area contributed by atoms with Gasteiger partial charge in [-0.1, -0.05) is 73.3 Å². The molecule has 4 rings (SSSR count). The Kier molecular flexibility index (Phi) is 13.3. The molecule has 0 bridgehead atoms. The lowest BCUT2D eigenvalue weighted by Gasteiger charge is -2.23. The number of alkyl carbamates (subject to hydrolysis) is 1. The normalized spacial score (nSPS) is 12.9. The lowest BCUT2D eigenvalue weighted by atomic mass is 9.98. The highest BCUT2D eigenvalue weighted by molar-refractivity contribution is 5.89. The number of hydrogen-bond acceptors (Lipinski definition) is 6. The molecule has 0 radical (unpaired) electrons. The Bertz CT molecular complexity index is 1370. The number of rotatable bonds is 15. The zero-order valence-corrected chi connectivity index (χ0v) is 25.7. The van der Waals surface area contributed by atoms with Crippen molar-refractivity contribution in [1.29, 1.82) is 0 Å². The second-order valence-corrected chi connectivity index (χ2v) is 10.4. The summed E-state index contributed by atoms with van der Waals surface area (Å²) in [6, 6.07) is 21.5. The summed E-state index contributed by atoms with van der Waals surface area (Å²) in [4.78, 5) is 39.1. The number of carbonyl (C=O) groups is 3. The van der Waals surface area contributed by atoms with Crippen LogP contribution in [0.5, 0.6) is 5.75 Å². The van der Waals surface area contributed by atoms with Crippen LogP contribution in [0.3, 0.4) is 0 Å². The minimum Gasteiger partial charge on any atom is -1.00 e. The Morgan fingerprint density at radius 1 is 0.909 bits per heavy atom. The Balaban J connectivity index is 0.00000529. The highest BCUT2D eigenvalue weighted by atomic mass is 35.5. The molecule has 0 aliphatic heterocycles. The van der Waals surface area contributed by atoms with E-state index in [4.69, 9.17) is 14.2 Å². The third-order valence-electron chi connectivity index (χ3n) is 7.48. The van der Waals surface area contributed by atoms with Crippen molar-refractivity contribution in [2.24, 2.45) is 0 Å². The van der Waals surface area contributed by atoms with E-state index >= 15 is 0 Å². The van der Waals surface area contributed by atoms with Crippen molar-refractivity contribution in [1.82, 2.24) is 10.6 Å².